The Bertz CT molecular complexity index is 526. The van der Waals surface area contributed by atoms with Crippen molar-refractivity contribution in [1.29, 1.82) is 0 Å². The van der Waals surface area contributed by atoms with Crippen LogP contribution in [0.4, 0.5) is 18.0 Å². The van der Waals surface area contributed by atoms with Gasteiger partial charge in [0, 0.05) is 12.4 Å². The van der Waals surface area contributed by atoms with Gasteiger partial charge in [0.2, 0.25) is 0 Å². The van der Waals surface area contributed by atoms with E-state index >= 15 is 0 Å². The van der Waals surface area contributed by atoms with Gasteiger partial charge in [-0.2, -0.15) is 13.2 Å². The molecule has 1 N–H and O–H groups in total. The number of nitrogens with zero attached hydrogens (tertiary/aromatic N) is 3. The zero-order valence-corrected chi connectivity index (χ0v) is 10.6. The predicted molar refractivity (Wildman–Crippen MR) is 61.4 cm³/mol. The molecule has 0 aliphatic carbocycles. The molecule has 110 valence electrons. The van der Waals surface area contributed by atoms with Gasteiger partial charge in [0.25, 0.3) is 5.91 Å². The van der Waals surface area contributed by atoms with Crippen molar-refractivity contribution in [3.05, 3.63) is 18.2 Å². The van der Waals surface area contributed by atoms with Crippen LogP contribution in [0.5, 0.6) is 0 Å². The zero-order valence-electron chi connectivity index (χ0n) is 10.6. The van der Waals surface area contributed by atoms with Crippen LogP contribution >= 0.6 is 0 Å². The van der Waals surface area contributed by atoms with Crippen molar-refractivity contribution in [2.45, 2.75) is 38.7 Å². The van der Waals surface area contributed by atoms with E-state index in [1.54, 1.807) is 6.92 Å². The molecule has 0 unspecified atom stereocenters. The summed E-state index contributed by atoms with van der Waals surface area (Å²) >= 11 is 0. The minimum atomic E-state index is -4.39. The number of rotatable bonds is 4. The summed E-state index contributed by atoms with van der Waals surface area (Å²) in [4.78, 5) is 28.1. The minimum absolute atomic E-state index is 0.0163. The Kier molecular flexibility index (Phi) is 3.69. The molecule has 1 saturated heterocycles. The first kappa shape index (κ1) is 14.4. The maximum atomic E-state index is 12.4. The summed E-state index contributed by atoms with van der Waals surface area (Å²) in [5.41, 5.74) is 0. The summed E-state index contributed by atoms with van der Waals surface area (Å²) in [6, 6.07) is -1.23. The van der Waals surface area contributed by atoms with E-state index in [1.807, 2.05) is 0 Å². The van der Waals surface area contributed by atoms with E-state index in [1.165, 1.54) is 12.4 Å². The second-order valence-corrected chi connectivity index (χ2v) is 4.42. The lowest BCUT2D eigenvalue weighted by atomic mass is 10.2. The van der Waals surface area contributed by atoms with Crippen LogP contribution in [0.2, 0.25) is 0 Å². The van der Waals surface area contributed by atoms with Gasteiger partial charge in [-0.25, -0.2) is 9.78 Å². The van der Waals surface area contributed by atoms with Crippen molar-refractivity contribution in [2.75, 3.05) is 0 Å². The second kappa shape index (κ2) is 5.14. The molecule has 6 nitrogen and oxygen atoms in total. The Labute approximate surface area is 112 Å². The molecule has 1 atom stereocenters. The number of imide groups is 1. The largest absolute Gasteiger partial charge is 0.406 e. The first-order valence-corrected chi connectivity index (χ1v) is 6.00. The molecule has 3 amide bonds. The average Bonchev–Trinajstić information content (AvgIpc) is 2.86. The van der Waals surface area contributed by atoms with E-state index in [9.17, 15) is 22.8 Å². The van der Waals surface area contributed by atoms with Crippen molar-refractivity contribution in [3.8, 4) is 0 Å². The van der Waals surface area contributed by atoms with E-state index in [0.717, 1.165) is 9.47 Å². The number of amides is 3. The van der Waals surface area contributed by atoms with Crippen molar-refractivity contribution in [1.82, 2.24) is 19.8 Å². The normalized spacial score (nSPS) is 19.6. The minimum Gasteiger partial charge on any atom is -0.326 e. The number of aromatic nitrogens is 2. The van der Waals surface area contributed by atoms with Crippen molar-refractivity contribution >= 4 is 11.9 Å². The lowest BCUT2D eigenvalue weighted by molar-refractivity contribution is -0.141. The highest BCUT2D eigenvalue weighted by atomic mass is 19.4. The molecule has 2 heterocycles. The van der Waals surface area contributed by atoms with E-state index in [4.69, 9.17) is 0 Å². The number of hydrogen-bond donors (Lipinski definition) is 1. The van der Waals surface area contributed by atoms with Crippen molar-refractivity contribution < 1.29 is 22.8 Å². The van der Waals surface area contributed by atoms with Crippen molar-refractivity contribution in [3.63, 3.8) is 0 Å². The molecule has 1 aromatic rings. The molecule has 2 rings (SSSR count). The number of urea groups is 1. The van der Waals surface area contributed by atoms with Gasteiger partial charge >= 0.3 is 12.2 Å². The summed E-state index contributed by atoms with van der Waals surface area (Å²) in [5.74, 6) is -0.429. The van der Waals surface area contributed by atoms with Crippen molar-refractivity contribution in [2.24, 2.45) is 0 Å². The van der Waals surface area contributed by atoms with Gasteiger partial charge in [-0.1, -0.05) is 6.92 Å². The molecule has 9 heteroatoms. The number of halogens is 3. The van der Waals surface area contributed by atoms with Crippen LogP contribution in [0.15, 0.2) is 12.4 Å². The second-order valence-electron chi connectivity index (χ2n) is 4.42. The van der Waals surface area contributed by atoms with Crippen LogP contribution < -0.4 is 5.32 Å². The van der Waals surface area contributed by atoms with Gasteiger partial charge in [-0.15, -0.1) is 0 Å². The summed E-state index contributed by atoms with van der Waals surface area (Å²) in [6.45, 7) is 0.254. The van der Waals surface area contributed by atoms with Gasteiger partial charge in [-0.3, -0.25) is 9.69 Å². The molecule has 1 aromatic heterocycles. The molecule has 20 heavy (non-hydrogen) atoms. The fourth-order valence-electron chi connectivity index (χ4n) is 1.97. The lowest BCUT2D eigenvalue weighted by Crippen LogP contribution is -2.32. The highest BCUT2D eigenvalue weighted by molar-refractivity contribution is 6.04. The average molecular weight is 290 g/mol. The smallest absolute Gasteiger partial charge is 0.326 e. The van der Waals surface area contributed by atoms with Crippen LogP contribution in [0, 0.1) is 0 Å². The van der Waals surface area contributed by atoms with Gasteiger partial charge in [0.15, 0.2) is 0 Å². The third-order valence-corrected chi connectivity index (χ3v) is 2.97. The molecule has 1 aliphatic rings. The maximum Gasteiger partial charge on any atom is 0.406 e. The quantitative estimate of drug-likeness (QED) is 0.849. The number of carbonyl (C=O) groups is 2. The molecule has 0 spiro atoms. The Balaban J connectivity index is 2.13. The number of hydrogen-bond acceptors (Lipinski definition) is 3. The highest BCUT2D eigenvalue weighted by Crippen LogP contribution is 2.19. The van der Waals surface area contributed by atoms with Crippen LogP contribution in [0.1, 0.15) is 19.2 Å². The number of carbonyl (C=O) groups excluding carboxylic acids is 2. The maximum absolute atomic E-state index is 12.4. The van der Waals surface area contributed by atoms with Crippen LogP contribution in [0.3, 0.4) is 0 Å². The van der Waals surface area contributed by atoms with Gasteiger partial charge in [0.05, 0.1) is 6.54 Å². The molecule has 0 bridgehead atoms. The first-order chi connectivity index (χ1) is 9.31. The zero-order chi connectivity index (χ0) is 14.9. The summed E-state index contributed by atoms with van der Waals surface area (Å²) < 4.78 is 38.0. The van der Waals surface area contributed by atoms with Crippen LogP contribution in [-0.2, 0) is 17.9 Å². The van der Waals surface area contributed by atoms with Gasteiger partial charge in [0.1, 0.15) is 18.4 Å². The SMILES string of the molecule is CC[C@@H]1NC(=O)N(Cc2nccn2CC(F)(F)F)C1=O. The Morgan fingerprint density at radius 3 is 2.65 bits per heavy atom. The fourth-order valence-corrected chi connectivity index (χ4v) is 1.97. The molecule has 0 saturated carbocycles. The van der Waals surface area contributed by atoms with E-state index in [2.05, 4.69) is 10.3 Å². The molecular weight excluding hydrogens is 277 g/mol. The number of alkyl halides is 3. The number of nitrogens with one attached hydrogen (secondary N) is 1. The summed E-state index contributed by atoms with van der Waals surface area (Å²) in [5, 5.41) is 2.46. The van der Waals surface area contributed by atoms with Crippen LogP contribution in [-0.4, -0.2) is 38.6 Å². The standard InChI is InChI=1S/C11H13F3N4O2/c1-2-7-9(19)18(10(20)16-7)5-8-15-3-4-17(8)6-11(12,13)14/h3-4,7H,2,5-6H2,1H3,(H,16,20)/t7-/m0/s1. The van der Waals surface area contributed by atoms with Crippen LogP contribution in [0.25, 0.3) is 0 Å². The third kappa shape index (κ3) is 2.91. The summed E-state index contributed by atoms with van der Waals surface area (Å²) in [6.07, 6.45) is -1.59. The number of imidazole rings is 1. The topological polar surface area (TPSA) is 67.2 Å². The molecule has 0 aromatic carbocycles. The molecule has 1 aliphatic heterocycles. The molecule has 1 fully saturated rings. The van der Waals surface area contributed by atoms with E-state index in [0.29, 0.717) is 6.42 Å². The lowest BCUT2D eigenvalue weighted by Gasteiger charge is -2.15. The van der Waals surface area contributed by atoms with E-state index < -0.39 is 30.7 Å². The van der Waals surface area contributed by atoms with Gasteiger partial charge in [-0.05, 0) is 6.42 Å². The summed E-state index contributed by atoms with van der Waals surface area (Å²) in [7, 11) is 0. The monoisotopic (exact) mass is 290 g/mol. The Morgan fingerprint density at radius 1 is 1.40 bits per heavy atom. The fraction of sp³-hybridized carbons (Fsp3) is 0.545. The molecule has 0 radical (unpaired) electrons. The third-order valence-electron chi connectivity index (χ3n) is 2.97. The highest BCUT2D eigenvalue weighted by Gasteiger charge is 2.38. The van der Waals surface area contributed by atoms with Gasteiger partial charge < -0.3 is 9.88 Å². The molecular formula is C11H13F3N4O2. The Hall–Kier alpha value is -2.06. The Morgan fingerprint density at radius 2 is 2.10 bits per heavy atom. The first-order valence-electron chi connectivity index (χ1n) is 6.00. The predicted octanol–water partition coefficient (Wildman–Crippen LogP) is 1.28. The van der Waals surface area contributed by atoms with E-state index in [-0.39, 0.29) is 12.4 Å².